The van der Waals surface area contributed by atoms with Gasteiger partial charge in [-0.05, 0) is 34.2 Å². The summed E-state index contributed by atoms with van der Waals surface area (Å²) in [6.07, 6.45) is 1.47. The first-order valence-corrected chi connectivity index (χ1v) is 7.91. The Morgan fingerprint density at radius 2 is 1.86 bits per heavy atom. The van der Waals surface area contributed by atoms with Gasteiger partial charge in [-0.25, -0.2) is 9.78 Å². The number of carbonyl (C=O) groups excluding carboxylic acids is 1. The van der Waals surface area contributed by atoms with Gasteiger partial charge in [0.2, 0.25) is 0 Å². The van der Waals surface area contributed by atoms with E-state index in [0.717, 1.165) is 13.1 Å². The first kappa shape index (κ1) is 19.6. The average molecular weight is 297 g/mol. The predicted molar refractivity (Wildman–Crippen MR) is 86.5 cm³/mol. The molecule has 0 unspecified atom stereocenters. The molecular formula is C15H31N5O. The number of likely N-dealkylation sites (N-methyl/N-ethyl adjacent to an activating group) is 2. The van der Waals surface area contributed by atoms with Gasteiger partial charge in [0.25, 0.3) is 0 Å². The summed E-state index contributed by atoms with van der Waals surface area (Å²) in [4.78, 5) is 20.3. The summed E-state index contributed by atoms with van der Waals surface area (Å²) in [5, 5.41) is 4.06. The summed E-state index contributed by atoms with van der Waals surface area (Å²) < 4.78 is 1.31. The lowest BCUT2D eigenvalue weighted by atomic mass is 10.3. The second-order valence-corrected chi connectivity index (χ2v) is 4.82. The van der Waals surface area contributed by atoms with Crippen LogP contribution in [0.1, 0.15) is 47.4 Å². The smallest absolute Gasteiger partial charge is 0.322 e. The molecule has 0 aromatic carbocycles. The van der Waals surface area contributed by atoms with Gasteiger partial charge >= 0.3 is 6.03 Å². The molecule has 21 heavy (non-hydrogen) atoms. The van der Waals surface area contributed by atoms with E-state index in [9.17, 15) is 4.79 Å². The van der Waals surface area contributed by atoms with Crippen molar-refractivity contribution in [3.05, 3.63) is 12.2 Å². The van der Waals surface area contributed by atoms with Gasteiger partial charge < -0.3 is 4.90 Å². The molecule has 0 atom stereocenters. The van der Waals surface area contributed by atoms with E-state index < -0.39 is 0 Å². The maximum atomic E-state index is 12.2. The second-order valence-electron chi connectivity index (χ2n) is 4.82. The third kappa shape index (κ3) is 6.25. The number of aromatic nitrogens is 3. The maximum absolute atomic E-state index is 12.2. The van der Waals surface area contributed by atoms with Gasteiger partial charge in [0.1, 0.15) is 12.2 Å². The summed E-state index contributed by atoms with van der Waals surface area (Å²) >= 11 is 0. The first-order valence-electron chi connectivity index (χ1n) is 7.91. The van der Waals surface area contributed by atoms with Crippen molar-refractivity contribution < 1.29 is 4.79 Å². The normalized spacial score (nSPS) is 10.5. The van der Waals surface area contributed by atoms with E-state index in [0.29, 0.717) is 25.0 Å². The van der Waals surface area contributed by atoms with Gasteiger partial charge in [-0.15, -0.1) is 5.10 Å². The Morgan fingerprint density at radius 3 is 2.24 bits per heavy atom. The van der Waals surface area contributed by atoms with E-state index in [1.54, 1.807) is 11.8 Å². The summed E-state index contributed by atoms with van der Waals surface area (Å²) in [5.41, 5.74) is 0. The summed E-state index contributed by atoms with van der Waals surface area (Å²) in [6.45, 7) is 17.5. The van der Waals surface area contributed by atoms with Crippen LogP contribution in [0.2, 0.25) is 0 Å². The first-order chi connectivity index (χ1) is 9.99. The lowest BCUT2D eigenvalue weighted by Crippen LogP contribution is -2.42. The fourth-order valence-corrected chi connectivity index (χ4v) is 2.00. The zero-order valence-electron chi connectivity index (χ0n) is 14.6. The Bertz CT molecular complexity index is 403. The fraction of sp³-hybridized carbons (Fsp3) is 0.800. The van der Waals surface area contributed by atoms with Gasteiger partial charge in [0.05, 0.1) is 0 Å². The molecule has 0 N–H and O–H groups in total. The maximum Gasteiger partial charge on any atom is 0.346 e. The minimum Gasteiger partial charge on any atom is -0.322 e. The van der Waals surface area contributed by atoms with Crippen LogP contribution < -0.4 is 0 Å². The largest absolute Gasteiger partial charge is 0.346 e. The number of hydrogen-bond acceptors (Lipinski definition) is 4. The van der Waals surface area contributed by atoms with E-state index in [1.807, 2.05) is 20.8 Å². The highest BCUT2D eigenvalue weighted by Gasteiger charge is 2.16. The van der Waals surface area contributed by atoms with Gasteiger partial charge in [0.15, 0.2) is 0 Å². The SMILES string of the molecule is CC.CCN(CCN(CC)C(C)C)C(=O)n1cnc(C)n1. The van der Waals surface area contributed by atoms with Crippen LogP contribution in [0.25, 0.3) is 0 Å². The van der Waals surface area contributed by atoms with E-state index in [4.69, 9.17) is 0 Å². The van der Waals surface area contributed by atoms with E-state index in [2.05, 4.69) is 35.8 Å². The van der Waals surface area contributed by atoms with Crippen molar-refractivity contribution in [2.45, 2.75) is 54.5 Å². The van der Waals surface area contributed by atoms with Crippen molar-refractivity contribution in [1.29, 1.82) is 0 Å². The molecule has 1 rings (SSSR count). The zero-order chi connectivity index (χ0) is 16.4. The highest BCUT2D eigenvalue weighted by atomic mass is 16.2. The summed E-state index contributed by atoms with van der Waals surface area (Å²) in [6, 6.07) is 0.385. The molecule has 0 spiro atoms. The number of carbonyl (C=O) groups is 1. The van der Waals surface area contributed by atoms with E-state index in [1.165, 1.54) is 11.0 Å². The molecule has 1 heterocycles. The molecule has 1 aromatic rings. The van der Waals surface area contributed by atoms with Crippen LogP contribution in [0.5, 0.6) is 0 Å². The Kier molecular flexibility index (Phi) is 9.62. The Labute approximate surface area is 129 Å². The quantitative estimate of drug-likeness (QED) is 0.810. The number of aryl methyl sites for hydroxylation is 1. The van der Waals surface area contributed by atoms with Crippen LogP contribution in [0.4, 0.5) is 4.79 Å². The molecule has 0 saturated carbocycles. The van der Waals surface area contributed by atoms with Crippen LogP contribution in [-0.4, -0.2) is 62.8 Å². The van der Waals surface area contributed by atoms with Crippen molar-refractivity contribution in [3.8, 4) is 0 Å². The average Bonchev–Trinajstić information content (AvgIpc) is 2.91. The number of hydrogen-bond donors (Lipinski definition) is 0. The zero-order valence-corrected chi connectivity index (χ0v) is 14.6. The number of rotatable bonds is 6. The van der Waals surface area contributed by atoms with Crippen LogP contribution in [0.15, 0.2) is 6.33 Å². The Hall–Kier alpha value is -1.43. The van der Waals surface area contributed by atoms with Crippen molar-refractivity contribution in [1.82, 2.24) is 24.6 Å². The van der Waals surface area contributed by atoms with Crippen molar-refractivity contribution in [2.75, 3.05) is 26.2 Å². The molecule has 1 aromatic heterocycles. The number of amides is 1. The molecule has 0 aliphatic carbocycles. The third-order valence-corrected chi connectivity index (χ3v) is 3.25. The van der Waals surface area contributed by atoms with Gasteiger partial charge in [0, 0.05) is 25.7 Å². The van der Waals surface area contributed by atoms with E-state index >= 15 is 0 Å². The van der Waals surface area contributed by atoms with Gasteiger partial charge in [-0.1, -0.05) is 20.8 Å². The molecule has 0 saturated heterocycles. The Morgan fingerprint density at radius 1 is 1.24 bits per heavy atom. The van der Waals surface area contributed by atoms with Crippen molar-refractivity contribution >= 4 is 6.03 Å². The fourth-order valence-electron chi connectivity index (χ4n) is 2.00. The minimum absolute atomic E-state index is 0.108. The Balaban J connectivity index is 0.00000191. The molecular weight excluding hydrogens is 266 g/mol. The standard InChI is InChI=1S/C13H25N5O.C2H6/c1-6-16(11(3)4)8-9-17(7-2)13(19)18-10-14-12(5)15-18;1-2/h10-11H,6-9H2,1-5H3;1-2H3. The van der Waals surface area contributed by atoms with E-state index in [-0.39, 0.29) is 6.03 Å². The minimum atomic E-state index is -0.108. The molecule has 6 nitrogen and oxygen atoms in total. The van der Waals surface area contributed by atoms with Crippen LogP contribution in [0.3, 0.4) is 0 Å². The lowest BCUT2D eigenvalue weighted by molar-refractivity contribution is 0.173. The summed E-state index contributed by atoms with van der Waals surface area (Å²) in [5.74, 6) is 0.613. The van der Waals surface area contributed by atoms with Crippen LogP contribution in [0, 0.1) is 6.92 Å². The molecule has 0 aliphatic heterocycles. The third-order valence-electron chi connectivity index (χ3n) is 3.25. The van der Waals surface area contributed by atoms with Crippen molar-refractivity contribution in [2.24, 2.45) is 0 Å². The van der Waals surface area contributed by atoms with Crippen LogP contribution in [-0.2, 0) is 0 Å². The topological polar surface area (TPSA) is 54.3 Å². The lowest BCUT2D eigenvalue weighted by Gasteiger charge is -2.28. The summed E-state index contributed by atoms with van der Waals surface area (Å²) in [7, 11) is 0. The molecule has 6 heteroatoms. The molecule has 0 radical (unpaired) electrons. The molecule has 122 valence electrons. The molecule has 0 aliphatic rings. The molecule has 0 fully saturated rings. The van der Waals surface area contributed by atoms with Crippen LogP contribution >= 0.6 is 0 Å². The number of nitrogens with zero attached hydrogens (tertiary/aromatic N) is 5. The predicted octanol–water partition coefficient (Wildman–Crippen LogP) is 2.63. The van der Waals surface area contributed by atoms with Crippen molar-refractivity contribution in [3.63, 3.8) is 0 Å². The molecule has 0 bridgehead atoms. The van der Waals surface area contributed by atoms with Gasteiger partial charge in [-0.3, -0.25) is 4.90 Å². The molecule has 1 amide bonds. The van der Waals surface area contributed by atoms with Gasteiger partial charge in [-0.2, -0.15) is 4.68 Å². The monoisotopic (exact) mass is 297 g/mol. The highest BCUT2D eigenvalue weighted by Crippen LogP contribution is 2.01. The second kappa shape index (κ2) is 10.3. The highest BCUT2D eigenvalue weighted by molar-refractivity contribution is 5.75.